The van der Waals surface area contributed by atoms with E-state index in [0.717, 1.165) is 105 Å². The molecule has 0 radical (unpaired) electrons. The molecule has 8 heterocycles. The molecule has 4 fully saturated rings. The number of thiazole rings is 1. The van der Waals surface area contributed by atoms with Crippen molar-refractivity contribution in [2.45, 2.75) is 95.6 Å². The molecule has 17 nitrogen and oxygen atoms in total. The number of aromatic hydroxyl groups is 1. The molecule has 0 saturated carbocycles. The molecule has 5 aliphatic rings. The molecule has 366 valence electrons. The Bertz CT molecular complexity index is 2580. The number of aromatic nitrogens is 4. The number of benzene rings is 2. The molecule has 0 spiro atoms. The second-order valence-electron chi connectivity index (χ2n) is 19.9. The van der Waals surface area contributed by atoms with Gasteiger partial charge in [-0.3, -0.25) is 24.3 Å². The first-order valence-corrected chi connectivity index (χ1v) is 25.6. The molecule has 2 aromatic carbocycles. The van der Waals surface area contributed by atoms with Crippen LogP contribution in [0.3, 0.4) is 0 Å². The van der Waals surface area contributed by atoms with E-state index in [2.05, 4.69) is 56.6 Å². The molecule has 4 saturated heterocycles. The quantitative estimate of drug-likeness (QED) is 0.111. The number of rotatable bonds is 14. The van der Waals surface area contributed by atoms with Crippen LogP contribution >= 0.6 is 11.3 Å². The van der Waals surface area contributed by atoms with Gasteiger partial charge in [0.1, 0.15) is 24.3 Å². The molecule has 1 unspecified atom stereocenters. The largest absolute Gasteiger partial charge is 0.507 e. The van der Waals surface area contributed by atoms with Crippen LogP contribution in [0.1, 0.15) is 75.4 Å². The number of para-hydroxylation sites is 1. The van der Waals surface area contributed by atoms with Crippen molar-refractivity contribution in [2.24, 2.45) is 5.92 Å². The van der Waals surface area contributed by atoms with E-state index in [1.54, 1.807) is 23.5 Å². The van der Waals surface area contributed by atoms with E-state index in [9.17, 15) is 19.8 Å². The SMILES string of the molecule is Cc1ncsc1-c1ccc([C@H](C)NC(=O)[C@@H]2C[C@@H](O)CN2C(=O)[C@@H](c2cc(OCCN3CCC(N4CCC(N5CCN6c7cc(-c8ccccc8O)nnc7NC[C@H]6C5)C4)CC3)no2)C(C)C)cc1. The number of nitrogens with one attached hydrogen (secondary N) is 2. The minimum atomic E-state index is -0.815. The fourth-order valence-electron chi connectivity index (χ4n) is 11.3. The third kappa shape index (κ3) is 10.0. The molecule has 69 heavy (non-hydrogen) atoms. The first-order valence-electron chi connectivity index (χ1n) is 24.7. The number of phenolic OH excluding ortho intramolecular Hbond substituents is 1. The molecular weight excluding hydrogens is 895 g/mol. The lowest BCUT2D eigenvalue weighted by atomic mass is 9.91. The van der Waals surface area contributed by atoms with E-state index in [1.165, 1.54) is 11.3 Å². The second kappa shape index (κ2) is 20.4. The number of β-amino-alcohol motifs (C(OH)–C–C–N with tert-alkyl or cyclic N) is 1. The van der Waals surface area contributed by atoms with Crippen molar-refractivity contribution in [3.05, 3.63) is 83.2 Å². The van der Waals surface area contributed by atoms with Gasteiger partial charge in [-0.2, -0.15) is 0 Å². The number of phenols is 1. The van der Waals surface area contributed by atoms with Crippen molar-refractivity contribution in [3.8, 4) is 33.3 Å². The van der Waals surface area contributed by atoms with Crippen LogP contribution < -0.4 is 20.3 Å². The van der Waals surface area contributed by atoms with E-state index >= 15 is 0 Å². The number of carbonyl (C=O) groups is 2. The number of hydrogen-bond acceptors (Lipinski definition) is 16. The van der Waals surface area contributed by atoms with Gasteiger partial charge in [0.25, 0.3) is 5.88 Å². The predicted molar refractivity (Wildman–Crippen MR) is 264 cm³/mol. The third-order valence-corrected chi connectivity index (χ3v) is 16.1. The molecule has 0 aliphatic carbocycles. The number of likely N-dealkylation sites (tertiary alicyclic amines) is 3. The van der Waals surface area contributed by atoms with Gasteiger partial charge in [-0.1, -0.05) is 50.2 Å². The molecule has 3 aromatic heterocycles. The highest BCUT2D eigenvalue weighted by molar-refractivity contribution is 7.13. The molecule has 5 aliphatic heterocycles. The average molecular weight is 960 g/mol. The molecule has 6 atom stereocenters. The van der Waals surface area contributed by atoms with Gasteiger partial charge in [0, 0.05) is 82.5 Å². The van der Waals surface area contributed by atoms with Gasteiger partial charge in [0.05, 0.1) is 45.7 Å². The summed E-state index contributed by atoms with van der Waals surface area (Å²) in [5.74, 6) is 0.300. The van der Waals surface area contributed by atoms with Crippen molar-refractivity contribution in [3.63, 3.8) is 0 Å². The smallest absolute Gasteiger partial charge is 0.254 e. The number of fused-ring (bicyclic) bond motifs is 3. The Morgan fingerprint density at radius 3 is 2.46 bits per heavy atom. The van der Waals surface area contributed by atoms with Gasteiger partial charge in [-0.05, 0) is 86.6 Å². The maximum absolute atomic E-state index is 14.3. The molecular formula is C51H65N11O6S. The van der Waals surface area contributed by atoms with E-state index in [0.29, 0.717) is 47.6 Å². The Kier molecular flexibility index (Phi) is 13.9. The standard InChI is InChI=1S/C51H65N11O6S/c1-31(2)47(51(66)62-29-39(63)23-43(62)50(65)54-32(3)34-9-11-35(12-10-34)48-33(4)53-30-69-48)45-25-46(57-68-45)67-22-21-58-16-13-36(14-17-58)59-18-15-37(27-59)60-19-20-61-38(28-60)26-52-49-42(61)24-41(55-56-49)40-7-5-6-8-44(40)64/h5-12,24-25,30-32,36-39,43,47,63-64H,13-23,26-29H2,1-4H3,(H,52,56)(H,54,65)/t32-,37?,38-,39+,43-,47+/m0/s1. The number of ether oxygens (including phenoxy) is 1. The van der Waals surface area contributed by atoms with Crippen molar-refractivity contribution in [1.29, 1.82) is 0 Å². The number of hydrogen-bond donors (Lipinski definition) is 4. The van der Waals surface area contributed by atoms with Gasteiger partial charge in [0.2, 0.25) is 11.8 Å². The second-order valence-corrected chi connectivity index (χ2v) is 20.7. The monoisotopic (exact) mass is 959 g/mol. The van der Waals surface area contributed by atoms with Crippen molar-refractivity contribution in [2.75, 3.05) is 82.3 Å². The lowest BCUT2D eigenvalue weighted by Gasteiger charge is -2.47. The molecule has 2 amide bonds. The Balaban J connectivity index is 0.668. The zero-order valence-corrected chi connectivity index (χ0v) is 40.9. The van der Waals surface area contributed by atoms with Crippen LogP contribution in [0.5, 0.6) is 11.6 Å². The number of anilines is 2. The van der Waals surface area contributed by atoms with Crippen molar-refractivity contribution in [1.82, 2.24) is 45.3 Å². The number of piperazine rings is 1. The summed E-state index contributed by atoms with van der Waals surface area (Å²) in [6.07, 6.45) is 2.79. The molecule has 0 bridgehead atoms. The van der Waals surface area contributed by atoms with E-state index in [4.69, 9.17) is 9.26 Å². The highest BCUT2D eigenvalue weighted by Crippen LogP contribution is 2.38. The fourth-order valence-corrected chi connectivity index (χ4v) is 12.1. The summed E-state index contributed by atoms with van der Waals surface area (Å²) in [6, 6.07) is 19.5. The number of aliphatic hydroxyl groups excluding tert-OH is 1. The Morgan fingerprint density at radius 1 is 0.928 bits per heavy atom. The fraction of sp³-hybridized carbons (Fsp3) is 0.529. The summed E-state index contributed by atoms with van der Waals surface area (Å²) in [5, 5.41) is 40.9. The van der Waals surface area contributed by atoms with Gasteiger partial charge in [-0.25, -0.2) is 4.98 Å². The van der Waals surface area contributed by atoms with Crippen LogP contribution in [-0.4, -0.2) is 164 Å². The van der Waals surface area contributed by atoms with Gasteiger partial charge in [-0.15, -0.1) is 21.5 Å². The number of amides is 2. The average Bonchev–Trinajstić information content (AvgIpc) is 4.20. The van der Waals surface area contributed by atoms with Gasteiger partial charge >= 0.3 is 0 Å². The van der Waals surface area contributed by atoms with Gasteiger partial charge < -0.3 is 39.9 Å². The summed E-state index contributed by atoms with van der Waals surface area (Å²) in [7, 11) is 0. The zero-order valence-electron chi connectivity index (χ0n) is 40.0. The highest BCUT2D eigenvalue weighted by atomic mass is 32.1. The van der Waals surface area contributed by atoms with Crippen LogP contribution in [0.25, 0.3) is 21.7 Å². The lowest BCUT2D eigenvalue weighted by molar-refractivity contribution is -0.141. The third-order valence-electron chi connectivity index (χ3n) is 15.1. The van der Waals surface area contributed by atoms with Crippen molar-refractivity contribution < 1.29 is 29.1 Å². The van der Waals surface area contributed by atoms with Crippen LogP contribution in [0.15, 0.2) is 70.7 Å². The Hall–Kier alpha value is -5.66. The molecule has 5 aromatic rings. The van der Waals surface area contributed by atoms with Crippen LogP contribution in [-0.2, 0) is 9.59 Å². The van der Waals surface area contributed by atoms with Crippen LogP contribution in [0.4, 0.5) is 11.5 Å². The summed E-state index contributed by atoms with van der Waals surface area (Å²) in [5.41, 5.74) is 7.28. The zero-order chi connectivity index (χ0) is 47.8. The number of aliphatic hydroxyl groups is 1. The summed E-state index contributed by atoms with van der Waals surface area (Å²) < 4.78 is 11.9. The summed E-state index contributed by atoms with van der Waals surface area (Å²) in [4.78, 5) is 45.3. The number of nitrogens with zero attached hydrogens (tertiary/aromatic N) is 9. The Morgan fingerprint density at radius 2 is 1.70 bits per heavy atom. The maximum Gasteiger partial charge on any atom is 0.254 e. The van der Waals surface area contributed by atoms with E-state index in [1.807, 2.05) is 75.7 Å². The normalized spacial score (nSPS) is 23.4. The minimum Gasteiger partial charge on any atom is -0.507 e. The summed E-state index contributed by atoms with van der Waals surface area (Å²) >= 11 is 1.60. The first-order chi connectivity index (χ1) is 33.5. The lowest BCUT2D eigenvalue weighted by Crippen LogP contribution is -2.60. The number of piperidine rings is 1. The summed E-state index contributed by atoms with van der Waals surface area (Å²) in [6.45, 7) is 17.1. The van der Waals surface area contributed by atoms with Crippen molar-refractivity contribution >= 4 is 34.7 Å². The maximum atomic E-state index is 14.3. The number of aryl methyl sites for hydroxylation is 1. The predicted octanol–water partition coefficient (Wildman–Crippen LogP) is 5.38. The molecule has 10 rings (SSSR count). The number of carbonyl (C=O) groups excluding carboxylic acids is 2. The molecule has 18 heteroatoms. The van der Waals surface area contributed by atoms with E-state index in [-0.39, 0.29) is 42.5 Å². The molecule has 4 N–H and O–H groups in total. The first kappa shape index (κ1) is 47.0. The van der Waals surface area contributed by atoms with Crippen LogP contribution in [0, 0.1) is 12.8 Å². The minimum absolute atomic E-state index is 0.0666. The van der Waals surface area contributed by atoms with E-state index < -0.39 is 18.1 Å². The highest BCUT2D eigenvalue weighted by Gasteiger charge is 2.44. The topological polar surface area (TPSA) is 189 Å². The van der Waals surface area contributed by atoms with Crippen LogP contribution in [0.2, 0.25) is 0 Å². The van der Waals surface area contributed by atoms with Gasteiger partial charge in [0.15, 0.2) is 11.6 Å². The Labute approximate surface area is 407 Å².